The Kier molecular flexibility index (Phi) is 5.06. The minimum Gasteiger partial charge on any atom is -0.493 e. The number of aromatic nitrogens is 2. The van der Waals surface area contributed by atoms with E-state index in [1.54, 1.807) is 18.0 Å². The Bertz CT molecular complexity index is 1290. The predicted molar refractivity (Wildman–Crippen MR) is 111 cm³/mol. The van der Waals surface area contributed by atoms with Crippen LogP contribution in [0.4, 0.5) is 0 Å². The second kappa shape index (κ2) is 7.97. The first-order chi connectivity index (χ1) is 14.6. The van der Waals surface area contributed by atoms with E-state index in [0.717, 1.165) is 11.1 Å². The number of rotatable bonds is 5. The third-order valence-electron chi connectivity index (χ3n) is 4.55. The largest absolute Gasteiger partial charge is 0.493 e. The molecule has 0 aliphatic carbocycles. The van der Waals surface area contributed by atoms with Gasteiger partial charge in [-0.2, -0.15) is 10.4 Å². The molecule has 0 fully saturated rings. The summed E-state index contributed by atoms with van der Waals surface area (Å²) in [7, 11) is 2.80. The zero-order valence-electron chi connectivity index (χ0n) is 16.3. The minimum atomic E-state index is -0.720. The van der Waals surface area contributed by atoms with E-state index >= 15 is 0 Å². The molecule has 0 bridgehead atoms. The Morgan fingerprint density at radius 2 is 1.97 bits per heavy atom. The molecule has 2 heterocycles. The highest BCUT2D eigenvalue weighted by atomic mass is 16.5. The summed E-state index contributed by atoms with van der Waals surface area (Å²) in [6.07, 6.45) is 3.17. The molecule has 0 unspecified atom stereocenters. The summed E-state index contributed by atoms with van der Waals surface area (Å²) in [6.45, 7) is 0. The summed E-state index contributed by atoms with van der Waals surface area (Å²) < 4.78 is 17.8. The van der Waals surface area contributed by atoms with Crippen LogP contribution in [0.2, 0.25) is 0 Å². The van der Waals surface area contributed by atoms with Crippen LogP contribution in [0.15, 0.2) is 70.8 Å². The molecule has 4 aromatic rings. The first-order valence-corrected chi connectivity index (χ1v) is 9.06. The lowest BCUT2D eigenvalue weighted by Gasteiger charge is -1.99. The van der Waals surface area contributed by atoms with E-state index in [9.17, 15) is 10.1 Å². The molecule has 4 rings (SSSR count). The summed E-state index contributed by atoms with van der Waals surface area (Å²) in [5, 5.41) is 14.9. The third-order valence-corrected chi connectivity index (χ3v) is 4.55. The molecule has 0 amide bonds. The quantitative estimate of drug-likeness (QED) is 0.281. The maximum Gasteiger partial charge on any atom is 0.348 e. The zero-order valence-corrected chi connectivity index (χ0v) is 16.3. The van der Waals surface area contributed by atoms with Crippen molar-refractivity contribution in [2.75, 3.05) is 14.2 Å². The SMILES string of the molecule is COC(=O)/C(C#N)=C\c1cn(-c2ccccc2)nc1-c1cc2cccc(OC)c2o1. The van der Waals surface area contributed by atoms with Crippen molar-refractivity contribution < 1.29 is 18.7 Å². The van der Waals surface area contributed by atoms with E-state index in [4.69, 9.17) is 13.9 Å². The van der Waals surface area contributed by atoms with E-state index in [-0.39, 0.29) is 5.57 Å². The molecule has 0 N–H and O–H groups in total. The van der Waals surface area contributed by atoms with Crippen LogP contribution in [0.1, 0.15) is 5.56 Å². The standard InChI is InChI=1S/C23H17N3O4/c1-28-19-10-6-7-15-12-20(30-22(15)19)21-17(11-16(13-24)23(27)29-2)14-26(25-21)18-8-4-3-5-9-18/h3-12,14H,1-2H3/b16-11-. The van der Waals surface area contributed by atoms with Crippen molar-refractivity contribution in [2.24, 2.45) is 0 Å². The third kappa shape index (κ3) is 3.42. The minimum absolute atomic E-state index is 0.139. The molecule has 0 aliphatic rings. The van der Waals surface area contributed by atoms with Gasteiger partial charge < -0.3 is 13.9 Å². The van der Waals surface area contributed by atoms with Crippen LogP contribution >= 0.6 is 0 Å². The number of furan rings is 1. The van der Waals surface area contributed by atoms with Gasteiger partial charge in [0, 0.05) is 17.1 Å². The van der Waals surface area contributed by atoms with E-state index in [1.165, 1.54) is 13.2 Å². The van der Waals surface area contributed by atoms with Gasteiger partial charge in [0.05, 0.1) is 19.9 Å². The van der Waals surface area contributed by atoms with Crippen molar-refractivity contribution in [3.8, 4) is 29.0 Å². The lowest BCUT2D eigenvalue weighted by Crippen LogP contribution is -2.02. The number of carbonyl (C=O) groups excluding carboxylic acids is 1. The molecule has 2 aromatic heterocycles. The lowest BCUT2D eigenvalue weighted by atomic mass is 10.1. The molecule has 7 nitrogen and oxygen atoms in total. The maximum atomic E-state index is 11.9. The average Bonchev–Trinajstić information content (AvgIpc) is 3.41. The van der Waals surface area contributed by atoms with Crippen molar-refractivity contribution in [3.05, 3.63) is 71.9 Å². The van der Waals surface area contributed by atoms with Crippen LogP contribution in [0.25, 0.3) is 34.2 Å². The van der Waals surface area contributed by atoms with Crippen molar-refractivity contribution in [1.82, 2.24) is 9.78 Å². The first-order valence-electron chi connectivity index (χ1n) is 9.06. The van der Waals surface area contributed by atoms with Gasteiger partial charge in [-0.15, -0.1) is 0 Å². The van der Waals surface area contributed by atoms with Crippen LogP contribution in [0, 0.1) is 11.3 Å². The average molecular weight is 399 g/mol. The fourth-order valence-electron chi connectivity index (χ4n) is 3.11. The number of ether oxygens (including phenoxy) is 2. The number of benzene rings is 2. The van der Waals surface area contributed by atoms with Crippen molar-refractivity contribution in [1.29, 1.82) is 5.26 Å². The van der Waals surface area contributed by atoms with Crippen molar-refractivity contribution >= 4 is 23.0 Å². The van der Waals surface area contributed by atoms with Gasteiger partial charge in [0.1, 0.15) is 17.3 Å². The lowest BCUT2D eigenvalue weighted by molar-refractivity contribution is -0.135. The summed E-state index contributed by atoms with van der Waals surface area (Å²) in [5.41, 5.74) is 2.30. The highest BCUT2D eigenvalue weighted by molar-refractivity contribution is 5.99. The van der Waals surface area contributed by atoms with Crippen molar-refractivity contribution in [2.45, 2.75) is 0 Å². The van der Waals surface area contributed by atoms with Crippen LogP contribution in [0.5, 0.6) is 5.75 Å². The molecular formula is C23H17N3O4. The normalized spacial score (nSPS) is 11.3. The summed E-state index contributed by atoms with van der Waals surface area (Å²) in [6, 6.07) is 18.8. The number of methoxy groups -OCH3 is 2. The molecule has 0 saturated heterocycles. The fraction of sp³-hybridized carbons (Fsp3) is 0.0870. The van der Waals surface area contributed by atoms with Gasteiger partial charge in [0.25, 0.3) is 0 Å². The number of nitriles is 1. The Morgan fingerprint density at radius 1 is 1.17 bits per heavy atom. The van der Waals surface area contributed by atoms with Gasteiger partial charge in [0.2, 0.25) is 0 Å². The van der Waals surface area contributed by atoms with Crippen LogP contribution in [-0.2, 0) is 9.53 Å². The molecule has 7 heteroatoms. The van der Waals surface area contributed by atoms with E-state index in [0.29, 0.717) is 28.4 Å². The van der Waals surface area contributed by atoms with E-state index in [1.807, 2.05) is 60.7 Å². The number of hydrogen-bond donors (Lipinski definition) is 0. The molecule has 0 atom stereocenters. The second-order valence-corrected chi connectivity index (χ2v) is 6.36. The highest BCUT2D eigenvalue weighted by Gasteiger charge is 2.19. The van der Waals surface area contributed by atoms with Crippen LogP contribution < -0.4 is 4.74 Å². The number of esters is 1. The first kappa shape index (κ1) is 19.0. The number of fused-ring (bicyclic) bond motifs is 1. The topological polar surface area (TPSA) is 90.3 Å². The van der Waals surface area contributed by atoms with Gasteiger partial charge in [-0.3, -0.25) is 0 Å². The Hall–Kier alpha value is -4.31. The number of nitrogens with zero attached hydrogens (tertiary/aromatic N) is 3. The van der Waals surface area contributed by atoms with Gasteiger partial charge in [-0.05, 0) is 30.3 Å². The molecule has 148 valence electrons. The van der Waals surface area contributed by atoms with Crippen LogP contribution in [0.3, 0.4) is 0 Å². The van der Waals surface area contributed by atoms with E-state index in [2.05, 4.69) is 5.10 Å². The monoisotopic (exact) mass is 399 g/mol. The fourth-order valence-corrected chi connectivity index (χ4v) is 3.11. The van der Waals surface area contributed by atoms with Crippen LogP contribution in [-0.4, -0.2) is 30.0 Å². The van der Waals surface area contributed by atoms with Gasteiger partial charge in [0.15, 0.2) is 17.1 Å². The Morgan fingerprint density at radius 3 is 2.67 bits per heavy atom. The summed E-state index contributed by atoms with van der Waals surface area (Å²) in [4.78, 5) is 11.9. The van der Waals surface area contributed by atoms with E-state index < -0.39 is 5.97 Å². The molecule has 0 spiro atoms. The predicted octanol–water partition coefficient (Wildman–Crippen LogP) is 4.37. The van der Waals surface area contributed by atoms with Gasteiger partial charge in [-0.25, -0.2) is 9.48 Å². The van der Waals surface area contributed by atoms with Crippen molar-refractivity contribution in [3.63, 3.8) is 0 Å². The summed E-state index contributed by atoms with van der Waals surface area (Å²) >= 11 is 0. The Balaban J connectivity index is 1.92. The number of hydrogen-bond acceptors (Lipinski definition) is 6. The Labute approximate surface area is 172 Å². The number of carbonyl (C=O) groups is 1. The van der Waals surface area contributed by atoms with Gasteiger partial charge in [-0.1, -0.05) is 30.3 Å². The molecule has 0 aliphatic heterocycles. The molecule has 2 aromatic carbocycles. The smallest absolute Gasteiger partial charge is 0.348 e. The van der Waals surface area contributed by atoms with Gasteiger partial charge >= 0.3 is 5.97 Å². The maximum absolute atomic E-state index is 11.9. The molecule has 0 saturated carbocycles. The second-order valence-electron chi connectivity index (χ2n) is 6.36. The zero-order chi connectivity index (χ0) is 21.1. The molecular weight excluding hydrogens is 382 g/mol. The summed E-state index contributed by atoms with van der Waals surface area (Å²) in [5.74, 6) is 0.366. The highest BCUT2D eigenvalue weighted by Crippen LogP contribution is 2.35. The molecule has 0 radical (unpaired) electrons. The number of para-hydroxylation sites is 2. The molecule has 30 heavy (non-hydrogen) atoms.